The van der Waals surface area contributed by atoms with E-state index in [9.17, 15) is 9.50 Å². The number of benzene rings is 2. The van der Waals surface area contributed by atoms with Gasteiger partial charge in [0.15, 0.2) is 0 Å². The fourth-order valence-electron chi connectivity index (χ4n) is 1.83. The third-order valence-corrected chi connectivity index (χ3v) is 4.64. The van der Waals surface area contributed by atoms with Crippen LogP contribution in [0.5, 0.6) is 5.75 Å². The zero-order valence-corrected chi connectivity index (χ0v) is 13.5. The highest BCUT2D eigenvalue weighted by atomic mass is 79.9. The Morgan fingerprint density at radius 3 is 2.55 bits per heavy atom. The molecule has 0 saturated heterocycles. The number of halogens is 4. The minimum absolute atomic E-state index is 0.107. The molecule has 0 fully saturated rings. The third-order valence-electron chi connectivity index (χ3n) is 2.87. The molecule has 0 spiro atoms. The molecule has 20 heavy (non-hydrogen) atoms. The third kappa shape index (κ3) is 3.19. The van der Waals surface area contributed by atoms with Crippen LogP contribution in [0.15, 0.2) is 34.8 Å². The van der Waals surface area contributed by atoms with Gasteiger partial charge >= 0.3 is 0 Å². The average Bonchev–Trinajstić information content (AvgIpc) is 2.39. The quantitative estimate of drug-likeness (QED) is 0.664. The zero-order chi connectivity index (χ0) is 14.9. The Morgan fingerprint density at radius 2 is 1.90 bits per heavy atom. The van der Waals surface area contributed by atoms with Gasteiger partial charge in [-0.05, 0) is 41.1 Å². The van der Waals surface area contributed by atoms with Crippen molar-refractivity contribution in [3.05, 3.63) is 56.2 Å². The Balaban J connectivity index is 2.28. The summed E-state index contributed by atoms with van der Waals surface area (Å²) in [6, 6.07) is 7.18. The number of hydrogen-bond donors (Lipinski definition) is 2. The Bertz CT molecular complexity index is 651. The van der Waals surface area contributed by atoms with E-state index in [4.69, 9.17) is 23.2 Å². The average molecular weight is 379 g/mol. The van der Waals surface area contributed by atoms with Crippen molar-refractivity contribution in [3.63, 3.8) is 0 Å². The molecule has 0 radical (unpaired) electrons. The molecule has 0 aliphatic rings. The predicted octanol–water partition coefficient (Wildman–Crippen LogP) is 5.77. The van der Waals surface area contributed by atoms with Gasteiger partial charge in [0.25, 0.3) is 0 Å². The summed E-state index contributed by atoms with van der Waals surface area (Å²) in [6.07, 6.45) is 0. The summed E-state index contributed by atoms with van der Waals surface area (Å²) in [5.41, 5.74) is 1.21. The molecule has 6 heteroatoms. The van der Waals surface area contributed by atoms with E-state index >= 15 is 0 Å². The van der Waals surface area contributed by atoms with Crippen molar-refractivity contribution in [2.75, 3.05) is 5.32 Å². The summed E-state index contributed by atoms with van der Waals surface area (Å²) in [4.78, 5) is 0. The number of phenolic OH excluding ortho intramolecular Hbond substituents is 1. The van der Waals surface area contributed by atoms with Gasteiger partial charge in [0.05, 0.1) is 21.8 Å². The van der Waals surface area contributed by atoms with Crippen LogP contribution in [0.4, 0.5) is 10.1 Å². The van der Waals surface area contributed by atoms with Crippen molar-refractivity contribution >= 4 is 44.8 Å². The summed E-state index contributed by atoms with van der Waals surface area (Å²) in [6.45, 7) is 1.83. The first-order valence-electron chi connectivity index (χ1n) is 5.78. The number of rotatable bonds is 3. The second-order valence-corrected chi connectivity index (χ2v) is 5.90. The molecule has 2 nitrogen and oxygen atoms in total. The first kappa shape index (κ1) is 15.4. The van der Waals surface area contributed by atoms with E-state index in [2.05, 4.69) is 21.2 Å². The molecule has 2 N–H and O–H groups in total. The molecule has 1 unspecified atom stereocenters. The monoisotopic (exact) mass is 377 g/mol. The van der Waals surface area contributed by atoms with Crippen molar-refractivity contribution in [1.82, 2.24) is 0 Å². The first-order valence-corrected chi connectivity index (χ1v) is 7.33. The molecule has 0 bridgehead atoms. The zero-order valence-electron chi connectivity index (χ0n) is 10.4. The number of hydrogen-bond acceptors (Lipinski definition) is 2. The summed E-state index contributed by atoms with van der Waals surface area (Å²) in [7, 11) is 0. The van der Waals surface area contributed by atoms with Crippen molar-refractivity contribution in [2.24, 2.45) is 0 Å². The van der Waals surface area contributed by atoms with Crippen LogP contribution in [0.3, 0.4) is 0 Å². The first-order chi connectivity index (χ1) is 9.40. The predicted molar refractivity (Wildman–Crippen MR) is 84.3 cm³/mol. The number of anilines is 1. The molecule has 106 valence electrons. The van der Waals surface area contributed by atoms with Crippen LogP contribution in [-0.4, -0.2) is 5.11 Å². The molecule has 1 atom stereocenters. The molecule has 0 heterocycles. The van der Waals surface area contributed by atoms with E-state index < -0.39 is 5.82 Å². The molecule has 2 aromatic carbocycles. The summed E-state index contributed by atoms with van der Waals surface area (Å²) < 4.78 is 13.7. The fourth-order valence-corrected chi connectivity index (χ4v) is 2.66. The molecule has 0 aromatic heterocycles. The normalized spacial score (nSPS) is 12.2. The second kappa shape index (κ2) is 6.20. The minimum atomic E-state index is -0.483. The second-order valence-electron chi connectivity index (χ2n) is 4.29. The van der Waals surface area contributed by atoms with Gasteiger partial charge in [0.1, 0.15) is 11.6 Å². The van der Waals surface area contributed by atoms with Gasteiger partial charge in [-0.2, -0.15) is 0 Å². The minimum Gasteiger partial charge on any atom is -0.507 e. The number of nitrogens with one attached hydrogen (secondary N) is 1. The Morgan fingerprint density at radius 1 is 1.20 bits per heavy atom. The van der Waals surface area contributed by atoms with Gasteiger partial charge in [0.2, 0.25) is 0 Å². The topological polar surface area (TPSA) is 32.3 Å². The maximum absolute atomic E-state index is 13.0. The summed E-state index contributed by atoms with van der Waals surface area (Å²) >= 11 is 15.5. The van der Waals surface area contributed by atoms with E-state index in [0.717, 1.165) is 6.07 Å². The van der Waals surface area contributed by atoms with E-state index in [1.54, 1.807) is 12.1 Å². The van der Waals surface area contributed by atoms with Gasteiger partial charge < -0.3 is 10.4 Å². The van der Waals surface area contributed by atoms with Gasteiger partial charge in [0, 0.05) is 16.1 Å². The molecular formula is C14H11BrCl2FNO. The van der Waals surface area contributed by atoms with Gasteiger partial charge in [-0.3, -0.25) is 0 Å². The van der Waals surface area contributed by atoms with Crippen LogP contribution in [0.25, 0.3) is 0 Å². The van der Waals surface area contributed by atoms with Crippen LogP contribution in [0, 0.1) is 5.82 Å². The summed E-state index contributed by atoms with van der Waals surface area (Å²) in [5.74, 6) is -0.590. The van der Waals surface area contributed by atoms with Crippen molar-refractivity contribution in [2.45, 2.75) is 13.0 Å². The lowest BCUT2D eigenvalue weighted by atomic mass is 10.1. The number of phenols is 1. The maximum Gasteiger partial charge on any atom is 0.126 e. The van der Waals surface area contributed by atoms with Gasteiger partial charge in [-0.1, -0.05) is 29.3 Å². The fraction of sp³-hybridized carbons (Fsp3) is 0.143. The lowest BCUT2D eigenvalue weighted by molar-refractivity contribution is 0.459. The van der Waals surface area contributed by atoms with Crippen molar-refractivity contribution < 1.29 is 9.50 Å². The molecule has 0 aliphatic carbocycles. The van der Waals surface area contributed by atoms with E-state index in [1.165, 1.54) is 12.1 Å². The highest BCUT2D eigenvalue weighted by Crippen LogP contribution is 2.38. The van der Waals surface area contributed by atoms with E-state index in [-0.39, 0.29) is 11.8 Å². The SMILES string of the molecule is CC(Nc1ccc(Br)c(Cl)c1Cl)c1ccc(F)cc1O. The molecule has 2 aromatic rings. The van der Waals surface area contributed by atoms with E-state index in [0.29, 0.717) is 25.8 Å². The molecule has 0 amide bonds. The summed E-state index contributed by atoms with van der Waals surface area (Å²) in [5, 5.41) is 13.7. The lowest BCUT2D eigenvalue weighted by Gasteiger charge is -2.18. The Hall–Kier alpha value is -0.970. The Kier molecular flexibility index (Phi) is 4.78. The molecule has 0 saturated carbocycles. The maximum atomic E-state index is 13.0. The van der Waals surface area contributed by atoms with Gasteiger partial charge in [-0.15, -0.1) is 0 Å². The van der Waals surface area contributed by atoms with Crippen molar-refractivity contribution in [3.8, 4) is 5.75 Å². The number of aromatic hydroxyl groups is 1. The van der Waals surface area contributed by atoms with Crippen molar-refractivity contribution in [1.29, 1.82) is 0 Å². The largest absolute Gasteiger partial charge is 0.507 e. The van der Waals surface area contributed by atoms with Gasteiger partial charge in [-0.25, -0.2) is 4.39 Å². The van der Waals surface area contributed by atoms with E-state index in [1.807, 2.05) is 6.92 Å². The highest BCUT2D eigenvalue weighted by Gasteiger charge is 2.14. The van der Waals surface area contributed by atoms with Crippen LogP contribution in [0.2, 0.25) is 10.0 Å². The van der Waals surface area contributed by atoms with Crippen LogP contribution < -0.4 is 5.32 Å². The van der Waals surface area contributed by atoms with Crippen LogP contribution >= 0.6 is 39.1 Å². The van der Waals surface area contributed by atoms with Crippen LogP contribution in [-0.2, 0) is 0 Å². The molecule has 0 aliphatic heterocycles. The van der Waals surface area contributed by atoms with Crippen LogP contribution in [0.1, 0.15) is 18.5 Å². The molecular weight excluding hydrogens is 368 g/mol. The molecule has 2 rings (SSSR count). The standard InChI is InChI=1S/C14H11BrCl2FNO/c1-7(9-3-2-8(18)6-12(9)20)19-11-5-4-10(15)13(16)14(11)17/h2-7,19-20H,1H3. The Labute approximate surface area is 134 Å². The smallest absolute Gasteiger partial charge is 0.126 e. The lowest BCUT2D eigenvalue weighted by Crippen LogP contribution is -2.07. The highest BCUT2D eigenvalue weighted by molar-refractivity contribution is 9.10.